The number of ether oxygens (including phenoxy) is 2. The maximum Gasteiger partial charge on any atom is 0.323 e. The average Bonchev–Trinajstić information content (AvgIpc) is 2.88. The molecule has 0 amide bonds. The van der Waals surface area contributed by atoms with Gasteiger partial charge in [-0.15, -0.1) is 0 Å². The fraction of sp³-hybridized carbons (Fsp3) is 0.533. The quantitative estimate of drug-likeness (QED) is 0.868. The van der Waals surface area contributed by atoms with E-state index in [2.05, 4.69) is 19.2 Å². The van der Waals surface area contributed by atoms with E-state index in [1.165, 1.54) is 7.11 Å². The fourth-order valence-corrected chi connectivity index (χ4v) is 2.55. The van der Waals surface area contributed by atoms with Crippen molar-refractivity contribution >= 4 is 17.6 Å². The summed E-state index contributed by atoms with van der Waals surface area (Å²) in [6, 6.07) is 5.37. The van der Waals surface area contributed by atoms with Gasteiger partial charge < -0.3 is 14.8 Å². The zero-order chi connectivity index (χ0) is 14.7. The molecule has 1 N–H and O–H groups in total. The minimum absolute atomic E-state index is 0.0298. The van der Waals surface area contributed by atoms with Crippen LogP contribution in [0.2, 0.25) is 5.02 Å². The largest absolute Gasteiger partial charge is 0.489 e. The van der Waals surface area contributed by atoms with Crippen LogP contribution in [0.15, 0.2) is 18.2 Å². The van der Waals surface area contributed by atoms with E-state index in [0.717, 1.165) is 11.3 Å². The Morgan fingerprint density at radius 3 is 2.85 bits per heavy atom. The molecule has 1 saturated heterocycles. The molecule has 1 fully saturated rings. The van der Waals surface area contributed by atoms with Crippen molar-refractivity contribution < 1.29 is 14.3 Å². The number of esters is 1. The summed E-state index contributed by atoms with van der Waals surface area (Å²) in [4.78, 5) is 11.5. The fourth-order valence-electron chi connectivity index (χ4n) is 2.37. The van der Waals surface area contributed by atoms with Crippen LogP contribution in [0.4, 0.5) is 0 Å². The Labute approximate surface area is 124 Å². The number of methoxy groups -OCH3 is 1. The summed E-state index contributed by atoms with van der Waals surface area (Å²) in [5, 5.41) is 3.82. The highest BCUT2D eigenvalue weighted by molar-refractivity contribution is 6.30. The Bertz CT molecular complexity index is 490. The van der Waals surface area contributed by atoms with Gasteiger partial charge in [-0.25, -0.2) is 0 Å². The SMILES string of the molecule is COC(=O)[C@@H]1C[C@@H](Oc2ccc(Cl)cc2C(C)C)CN1. The Hall–Kier alpha value is -1.26. The maximum atomic E-state index is 11.5. The summed E-state index contributed by atoms with van der Waals surface area (Å²) in [5.41, 5.74) is 1.08. The minimum atomic E-state index is -0.278. The van der Waals surface area contributed by atoms with Gasteiger partial charge in [0.2, 0.25) is 0 Å². The van der Waals surface area contributed by atoms with E-state index in [-0.39, 0.29) is 18.1 Å². The molecule has 0 spiro atoms. The van der Waals surface area contributed by atoms with E-state index in [0.29, 0.717) is 23.9 Å². The molecule has 0 radical (unpaired) electrons. The molecular weight excluding hydrogens is 278 g/mol. The summed E-state index contributed by atoms with van der Waals surface area (Å²) in [5.74, 6) is 0.924. The highest BCUT2D eigenvalue weighted by atomic mass is 35.5. The van der Waals surface area contributed by atoms with Crippen molar-refractivity contribution in [1.29, 1.82) is 0 Å². The van der Waals surface area contributed by atoms with Crippen LogP contribution in [0.1, 0.15) is 31.7 Å². The predicted octanol–water partition coefficient (Wildman–Crippen LogP) is 2.75. The smallest absolute Gasteiger partial charge is 0.323 e. The molecule has 0 aromatic heterocycles. The molecule has 110 valence electrons. The lowest BCUT2D eigenvalue weighted by Crippen LogP contribution is -2.31. The molecule has 2 rings (SSSR count). The normalized spacial score (nSPS) is 22.1. The lowest BCUT2D eigenvalue weighted by atomic mass is 10.0. The minimum Gasteiger partial charge on any atom is -0.489 e. The number of hydrogen-bond acceptors (Lipinski definition) is 4. The monoisotopic (exact) mass is 297 g/mol. The number of hydrogen-bond donors (Lipinski definition) is 1. The highest BCUT2D eigenvalue weighted by Gasteiger charge is 2.31. The van der Waals surface area contributed by atoms with Gasteiger partial charge in [0.05, 0.1) is 7.11 Å². The second-order valence-corrected chi connectivity index (χ2v) is 5.73. The lowest BCUT2D eigenvalue weighted by molar-refractivity contribution is -0.142. The van der Waals surface area contributed by atoms with Crippen molar-refractivity contribution in [3.05, 3.63) is 28.8 Å². The van der Waals surface area contributed by atoms with Crippen LogP contribution in [0.25, 0.3) is 0 Å². The summed E-state index contributed by atoms with van der Waals surface area (Å²) in [7, 11) is 1.40. The van der Waals surface area contributed by atoms with Gasteiger partial charge in [-0.05, 0) is 29.7 Å². The first-order chi connectivity index (χ1) is 9.51. The van der Waals surface area contributed by atoms with Crippen molar-refractivity contribution in [2.75, 3.05) is 13.7 Å². The third-order valence-electron chi connectivity index (χ3n) is 3.46. The van der Waals surface area contributed by atoms with E-state index in [1.807, 2.05) is 18.2 Å². The van der Waals surface area contributed by atoms with Crippen LogP contribution < -0.4 is 10.1 Å². The molecule has 2 atom stereocenters. The second kappa shape index (κ2) is 6.46. The van der Waals surface area contributed by atoms with Crippen molar-refractivity contribution in [3.63, 3.8) is 0 Å². The number of rotatable bonds is 4. The topological polar surface area (TPSA) is 47.6 Å². The van der Waals surface area contributed by atoms with Crippen molar-refractivity contribution in [3.8, 4) is 5.75 Å². The number of carbonyl (C=O) groups is 1. The molecule has 0 bridgehead atoms. The van der Waals surface area contributed by atoms with Gasteiger partial charge in [0, 0.05) is 18.0 Å². The van der Waals surface area contributed by atoms with Gasteiger partial charge >= 0.3 is 5.97 Å². The molecule has 0 aliphatic carbocycles. The van der Waals surface area contributed by atoms with E-state index < -0.39 is 0 Å². The van der Waals surface area contributed by atoms with Crippen LogP contribution >= 0.6 is 11.6 Å². The first-order valence-electron chi connectivity index (χ1n) is 6.78. The molecule has 0 saturated carbocycles. The van der Waals surface area contributed by atoms with Crippen molar-refractivity contribution in [1.82, 2.24) is 5.32 Å². The van der Waals surface area contributed by atoms with Crippen LogP contribution in [-0.2, 0) is 9.53 Å². The Morgan fingerprint density at radius 1 is 1.45 bits per heavy atom. The number of carbonyl (C=O) groups excluding carboxylic acids is 1. The van der Waals surface area contributed by atoms with Crippen LogP contribution in [0, 0.1) is 0 Å². The summed E-state index contributed by atoms with van der Waals surface area (Å²) in [6.07, 6.45) is 0.588. The van der Waals surface area contributed by atoms with Crippen LogP contribution in [0.3, 0.4) is 0 Å². The van der Waals surface area contributed by atoms with Gasteiger partial charge in [-0.2, -0.15) is 0 Å². The highest BCUT2D eigenvalue weighted by Crippen LogP contribution is 2.31. The number of nitrogens with one attached hydrogen (secondary N) is 1. The molecular formula is C15H20ClNO3. The van der Waals surface area contributed by atoms with Gasteiger partial charge in [0.15, 0.2) is 0 Å². The second-order valence-electron chi connectivity index (χ2n) is 5.30. The van der Waals surface area contributed by atoms with Gasteiger partial charge in [-0.1, -0.05) is 25.4 Å². The predicted molar refractivity (Wildman–Crippen MR) is 78.4 cm³/mol. The Balaban J connectivity index is 2.06. The van der Waals surface area contributed by atoms with Gasteiger partial charge in [0.1, 0.15) is 17.9 Å². The van der Waals surface area contributed by atoms with Crippen LogP contribution in [-0.4, -0.2) is 31.8 Å². The Morgan fingerprint density at radius 2 is 2.20 bits per heavy atom. The van der Waals surface area contributed by atoms with Gasteiger partial charge in [-0.3, -0.25) is 4.79 Å². The van der Waals surface area contributed by atoms with E-state index >= 15 is 0 Å². The molecule has 5 heteroatoms. The first-order valence-corrected chi connectivity index (χ1v) is 7.16. The van der Waals surface area contributed by atoms with E-state index in [9.17, 15) is 4.79 Å². The molecule has 1 aliphatic rings. The van der Waals surface area contributed by atoms with Gasteiger partial charge in [0.25, 0.3) is 0 Å². The van der Waals surface area contributed by atoms with Crippen molar-refractivity contribution in [2.45, 2.75) is 38.3 Å². The summed E-state index contributed by atoms with van der Waals surface area (Å²) >= 11 is 6.03. The molecule has 4 nitrogen and oxygen atoms in total. The molecule has 1 aromatic carbocycles. The first kappa shape index (κ1) is 15.1. The summed E-state index contributed by atoms with van der Waals surface area (Å²) < 4.78 is 10.8. The zero-order valence-electron chi connectivity index (χ0n) is 12.0. The van der Waals surface area contributed by atoms with E-state index in [4.69, 9.17) is 21.1 Å². The molecule has 0 unspecified atom stereocenters. The number of benzene rings is 1. The third-order valence-corrected chi connectivity index (χ3v) is 3.70. The molecule has 1 heterocycles. The third kappa shape index (κ3) is 3.44. The summed E-state index contributed by atoms with van der Waals surface area (Å²) in [6.45, 7) is 4.84. The zero-order valence-corrected chi connectivity index (χ0v) is 12.7. The van der Waals surface area contributed by atoms with Crippen LogP contribution in [0.5, 0.6) is 5.75 Å². The standard InChI is InChI=1S/C15H20ClNO3/c1-9(2)12-6-10(16)4-5-14(12)20-11-7-13(17-8-11)15(18)19-3/h4-6,9,11,13,17H,7-8H2,1-3H3/t11-,13+/m1/s1. The number of halogens is 1. The molecule has 1 aromatic rings. The molecule has 20 heavy (non-hydrogen) atoms. The Kier molecular flexibility index (Phi) is 4.89. The maximum absolute atomic E-state index is 11.5. The average molecular weight is 298 g/mol. The molecule has 1 aliphatic heterocycles. The van der Waals surface area contributed by atoms with E-state index in [1.54, 1.807) is 0 Å². The lowest BCUT2D eigenvalue weighted by Gasteiger charge is -2.18. The van der Waals surface area contributed by atoms with Crippen molar-refractivity contribution in [2.24, 2.45) is 0 Å².